The van der Waals surface area contributed by atoms with Crippen LogP contribution in [0.5, 0.6) is 0 Å². The second-order valence-electron chi connectivity index (χ2n) is 7.81. The standard InChI is InChI=1S/C24H21N5O2S/c1-16(2)17-10-12-18(13-11-17)29(23-25-19-7-3-4-8-20(19)32-23)22(30)15-28-24(31)27-14-6-5-9-21(27)26-28/h3-14,16H,15H2,1-2H3. The van der Waals surface area contributed by atoms with Gasteiger partial charge in [0.15, 0.2) is 10.8 Å². The zero-order valence-electron chi connectivity index (χ0n) is 17.7. The lowest BCUT2D eigenvalue weighted by molar-refractivity contribution is -0.118. The van der Waals surface area contributed by atoms with Crippen LogP contribution in [0.1, 0.15) is 25.3 Å². The molecule has 8 heteroatoms. The Balaban J connectivity index is 1.57. The molecule has 0 aliphatic carbocycles. The molecule has 3 aromatic heterocycles. The maximum Gasteiger partial charge on any atom is 0.350 e. The van der Waals surface area contributed by atoms with Gasteiger partial charge in [0.1, 0.15) is 6.54 Å². The molecule has 0 saturated carbocycles. The number of carbonyl (C=O) groups is 1. The van der Waals surface area contributed by atoms with Crippen LogP contribution < -0.4 is 10.6 Å². The highest BCUT2D eigenvalue weighted by atomic mass is 32.1. The Morgan fingerprint density at radius 3 is 2.50 bits per heavy atom. The summed E-state index contributed by atoms with van der Waals surface area (Å²) in [5.74, 6) is 0.0964. The summed E-state index contributed by atoms with van der Waals surface area (Å²) in [5, 5.41) is 4.87. The third-order valence-electron chi connectivity index (χ3n) is 5.31. The quantitative estimate of drug-likeness (QED) is 0.398. The van der Waals surface area contributed by atoms with Crippen LogP contribution in [-0.2, 0) is 11.3 Å². The summed E-state index contributed by atoms with van der Waals surface area (Å²) in [6.07, 6.45) is 1.64. The molecule has 0 bridgehead atoms. The van der Waals surface area contributed by atoms with Gasteiger partial charge in [-0.2, -0.15) is 0 Å². The van der Waals surface area contributed by atoms with E-state index >= 15 is 0 Å². The van der Waals surface area contributed by atoms with Gasteiger partial charge in [0.25, 0.3) is 5.91 Å². The smallest absolute Gasteiger partial charge is 0.272 e. The van der Waals surface area contributed by atoms with E-state index in [0.29, 0.717) is 22.4 Å². The molecule has 0 aliphatic heterocycles. The van der Waals surface area contributed by atoms with E-state index in [9.17, 15) is 9.59 Å². The van der Waals surface area contributed by atoms with Crippen molar-refractivity contribution in [2.24, 2.45) is 0 Å². The van der Waals surface area contributed by atoms with Gasteiger partial charge in [0, 0.05) is 6.20 Å². The number of carbonyl (C=O) groups excluding carboxylic acids is 1. The number of amides is 1. The number of hydrogen-bond acceptors (Lipinski definition) is 5. The number of anilines is 2. The molecule has 160 valence electrons. The van der Waals surface area contributed by atoms with Crippen molar-refractivity contribution in [3.05, 3.63) is 89.0 Å². The van der Waals surface area contributed by atoms with Crippen molar-refractivity contribution in [3.8, 4) is 0 Å². The molecule has 0 spiro atoms. The second-order valence-corrected chi connectivity index (χ2v) is 8.82. The van der Waals surface area contributed by atoms with Crippen LogP contribution in [0, 0.1) is 0 Å². The number of hydrogen-bond donors (Lipinski definition) is 0. The fraction of sp³-hybridized carbons (Fsp3) is 0.167. The van der Waals surface area contributed by atoms with E-state index in [4.69, 9.17) is 0 Å². The van der Waals surface area contributed by atoms with Crippen LogP contribution >= 0.6 is 11.3 Å². The molecule has 7 nitrogen and oxygen atoms in total. The number of nitrogens with zero attached hydrogens (tertiary/aromatic N) is 5. The van der Waals surface area contributed by atoms with E-state index in [-0.39, 0.29) is 18.1 Å². The first-order valence-corrected chi connectivity index (χ1v) is 11.2. The Morgan fingerprint density at radius 2 is 1.78 bits per heavy atom. The number of fused-ring (bicyclic) bond motifs is 2. The van der Waals surface area contributed by atoms with Crippen LogP contribution in [-0.4, -0.2) is 25.1 Å². The van der Waals surface area contributed by atoms with Crippen molar-refractivity contribution in [2.75, 3.05) is 4.90 Å². The van der Waals surface area contributed by atoms with Crippen LogP contribution in [0.4, 0.5) is 10.8 Å². The molecule has 1 amide bonds. The van der Waals surface area contributed by atoms with Crippen LogP contribution in [0.3, 0.4) is 0 Å². The Hall–Kier alpha value is -3.78. The van der Waals surface area contributed by atoms with E-state index in [0.717, 1.165) is 10.2 Å². The molecule has 5 aromatic rings. The molecule has 0 saturated heterocycles. The van der Waals surface area contributed by atoms with Crippen molar-refractivity contribution in [2.45, 2.75) is 26.3 Å². The Labute approximate surface area is 188 Å². The van der Waals surface area contributed by atoms with Gasteiger partial charge < -0.3 is 0 Å². The third-order valence-corrected chi connectivity index (χ3v) is 6.34. The number of benzene rings is 2. The average Bonchev–Trinajstić information content (AvgIpc) is 3.35. The first-order chi connectivity index (χ1) is 15.5. The maximum absolute atomic E-state index is 13.5. The summed E-state index contributed by atoms with van der Waals surface area (Å²) in [5.41, 5.74) is 2.86. The van der Waals surface area contributed by atoms with Gasteiger partial charge in [0.2, 0.25) is 0 Å². The van der Waals surface area contributed by atoms with Gasteiger partial charge in [-0.15, -0.1) is 5.10 Å². The number of thiazole rings is 1. The van der Waals surface area contributed by atoms with E-state index in [1.807, 2.05) is 48.5 Å². The maximum atomic E-state index is 13.5. The number of para-hydroxylation sites is 1. The van der Waals surface area contributed by atoms with Gasteiger partial charge in [-0.1, -0.05) is 55.5 Å². The highest BCUT2D eigenvalue weighted by Gasteiger charge is 2.24. The molecule has 2 aromatic carbocycles. The number of pyridine rings is 1. The predicted octanol–water partition coefficient (Wildman–Crippen LogP) is 4.59. The minimum atomic E-state index is -0.353. The van der Waals surface area contributed by atoms with Gasteiger partial charge in [-0.05, 0) is 47.9 Å². The molecule has 5 rings (SSSR count). The average molecular weight is 444 g/mol. The van der Waals surface area contributed by atoms with Gasteiger partial charge in [-0.3, -0.25) is 14.1 Å². The molecule has 0 N–H and O–H groups in total. The zero-order valence-corrected chi connectivity index (χ0v) is 18.5. The van der Waals surface area contributed by atoms with Gasteiger partial charge in [-0.25, -0.2) is 14.5 Å². The summed E-state index contributed by atoms with van der Waals surface area (Å²) in [7, 11) is 0. The summed E-state index contributed by atoms with van der Waals surface area (Å²) < 4.78 is 3.61. The summed E-state index contributed by atoms with van der Waals surface area (Å²) in [6.45, 7) is 4.06. The minimum Gasteiger partial charge on any atom is -0.272 e. The molecule has 0 radical (unpaired) electrons. The number of rotatable bonds is 5. The third kappa shape index (κ3) is 3.58. The zero-order chi connectivity index (χ0) is 22.2. The topological polar surface area (TPSA) is 72.5 Å². The SMILES string of the molecule is CC(C)c1ccc(N(C(=O)Cn2nc3ccccn3c2=O)c2nc3ccccc3s2)cc1. The van der Waals surface area contributed by atoms with Crippen LogP contribution in [0.2, 0.25) is 0 Å². The van der Waals surface area contributed by atoms with Gasteiger partial charge >= 0.3 is 5.69 Å². The lowest BCUT2D eigenvalue weighted by Gasteiger charge is -2.20. The molecular weight excluding hydrogens is 422 g/mol. The highest BCUT2D eigenvalue weighted by Crippen LogP contribution is 2.34. The lowest BCUT2D eigenvalue weighted by atomic mass is 10.0. The molecule has 32 heavy (non-hydrogen) atoms. The van der Waals surface area contributed by atoms with Crippen molar-refractivity contribution in [1.29, 1.82) is 0 Å². The van der Waals surface area contributed by atoms with Crippen LogP contribution in [0.15, 0.2) is 77.7 Å². The molecule has 0 atom stereocenters. The second kappa shape index (κ2) is 8.05. The minimum absolute atomic E-state index is 0.192. The molecule has 0 aliphatic rings. The predicted molar refractivity (Wildman–Crippen MR) is 127 cm³/mol. The van der Waals surface area contributed by atoms with Crippen LogP contribution in [0.25, 0.3) is 15.9 Å². The van der Waals surface area contributed by atoms with Crippen molar-refractivity contribution >= 4 is 43.9 Å². The van der Waals surface area contributed by atoms with E-state index in [1.165, 1.54) is 26.0 Å². The Bertz CT molecular complexity index is 1450. The fourth-order valence-corrected chi connectivity index (χ4v) is 4.60. The first-order valence-electron chi connectivity index (χ1n) is 10.3. The van der Waals surface area contributed by atoms with E-state index in [1.54, 1.807) is 29.3 Å². The fourth-order valence-electron chi connectivity index (χ4n) is 3.60. The number of aromatic nitrogens is 4. The Kier molecular flexibility index (Phi) is 5.07. The molecule has 0 unspecified atom stereocenters. The van der Waals surface area contributed by atoms with Gasteiger partial charge in [0.05, 0.1) is 15.9 Å². The summed E-state index contributed by atoms with van der Waals surface area (Å²) >= 11 is 1.44. The van der Waals surface area contributed by atoms with Crippen molar-refractivity contribution < 1.29 is 4.79 Å². The molecule has 0 fully saturated rings. The van der Waals surface area contributed by atoms with E-state index in [2.05, 4.69) is 23.9 Å². The summed E-state index contributed by atoms with van der Waals surface area (Å²) in [6, 6.07) is 20.9. The lowest BCUT2D eigenvalue weighted by Crippen LogP contribution is -2.34. The van der Waals surface area contributed by atoms with Crippen molar-refractivity contribution in [3.63, 3.8) is 0 Å². The molecule has 3 heterocycles. The van der Waals surface area contributed by atoms with E-state index < -0.39 is 0 Å². The van der Waals surface area contributed by atoms with Crippen molar-refractivity contribution in [1.82, 2.24) is 19.2 Å². The molecular formula is C24H21N5O2S. The monoisotopic (exact) mass is 443 g/mol. The normalized spacial score (nSPS) is 11.5. The Morgan fingerprint density at radius 1 is 1.03 bits per heavy atom. The highest BCUT2D eigenvalue weighted by molar-refractivity contribution is 7.22. The largest absolute Gasteiger partial charge is 0.350 e. The first kappa shape index (κ1) is 20.1. The summed E-state index contributed by atoms with van der Waals surface area (Å²) in [4.78, 5) is 32.5.